The number of anilines is 2. The third-order valence-electron chi connectivity index (χ3n) is 4.65. The van der Waals surface area contributed by atoms with Gasteiger partial charge in [0.1, 0.15) is 5.69 Å². The average molecular weight is 399 g/mol. The lowest BCUT2D eigenvalue weighted by molar-refractivity contribution is -0.120. The molecule has 138 valence electrons. The fraction of sp³-hybridized carbons (Fsp3) is 0.250. The van der Waals surface area contributed by atoms with E-state index in [1.807, 2.05) is 41.8 Å². The lowest BCUT2D eigenvalue weighted by atomic mass is 9.97. The fourth-order valence-corrected chi connectivity index (χ4v) is 4.04. The Morgan fingerprint density at radius 1 is 1.15 bits per heavy atom. The van der Waals surface area contributed by atoms with Crippen LogP contribution in [0.15, 0.2) is 53.9 Å². The van der Waals surface area contributed by atoms with Crippen LogP contribution in [0, 0.1) is 5.92 Å². The van der Waals surface area contributed by atoms with E-state index in [0.29, 0.717) is 11.6 Å². The van der Waals surface area contributed by atoms with Crippen molar-refractivity contribution in [2.24, 2.45) is 5.92 Å². The van der Waals surface area contributed by atoms with E-state index in [1.54, 1.807) is 23.5 Å². The summed E-state index contributed by atoms with van der Waals surface area (Å²) in [4.78, 5) is 15.9. The standard InChI is InChI=1S/C20H19ClN4OS/c21-15-5-7-16(8-6-15)22-20(26)14-3-1-11-25(13-14)19-10-9-17(23-24-19)18-4-2-12-27-18/h2,4-10,12,14H,1,3,11,13H2,(H,22,26). The lowest BCUT2D eigenvalue weighted by Crippen LogP contribution is -2.41. The first-order valence-electron chi connectivity index (χ1n) is 8.88. The molecular formula is C20H19ClN4OS. The monoisotopic (exact) mass is 398 g/mol. The zero-order valence-corrected chi connectivity index (χ0v) is 16.2. The summed E-state index contributed by atoms with van der Waals surface area (Å²) in [5.41, 5.74) is 1.64. The van der Waals surface area contributed by atoms with E-state index in [-0.39, 0.29) is 11.8 Å². The number of hydrogen-bond donors (Lipinski definition) is 1. The molecule has 2 aromatic heterocycles. The van der Waals surface area contributed by atoms with Gasteiger partial charge in [0.25, 0.3) is 0 Å². The molecule has 1 saturated heterocycles. The Balaban J connectivity index is 1.41. The molecule has 7 heteroatoms. The number of carbonyl (C=O) groups excluding carboxylic acids is 1. The zero-order valence-electron chi connectivity index (χ0n) is 14.6. The van der Waals surface area contributed by atoms with Gasteiger partial charge in [0, 0.05) is 23.8 Å². The van der Waals surface area contributed by atoms with Gasteiger partial charge in [-0.1, -0.05) is 17.7 Å². The number of halogens is 1. The summed E-state index contributed by atoms with van der Waals surface area (Å²) in [6.07, 6.45) is 1.82. The first-order chi connectivity index (χ1) is 13.2. The van der Waals surface area contributed by atoms with Crippen LogP contribution in [0.2, 0.25) is 5.02 Å². The summed E-state index contributed by atoms with van der Waals surface area (Å²) >= 11 is 7.54. The third-order valence-corrected chi connectivity index (χ3v) is 5.80. The summed E-state index contributed by atoms with van der Waals surface area (Å²) in [5.74, 6) is 0.776. The second kappa shape index (κ2) is 8.06. The molecule has 0 saturated carbocycles. The Morgan fingerprint density at radius 2 is 2.00 bits per heavy atom. The summed E-state index contributed by atoms with van der Waals surface area (Å²) < 4.78 is 0. The number of thiophene rings is 1. The molecule has 1 aliphatic rings. The van der Waals surface area contributed by atoms with Crippen LogP contribution >= 0.6 is 22.9 Å². The van der Waals surface area contributed by atoms with Gasteiger partial charge >= 0.3 is 0 Å². The molecule has 1 aromatic carbocycles. The maximum atomic E-state index is 12.6. The van der Waals surface area contributed by atoms with Crippen LogP contribution in [0.5, 0.6) is 0 Å². The van der Waals surface area contributed by atoms with Crippen LogP contribution < -0.4 is 10.2 Å². The van der Waals surface area contributed by atoms with Gasteiger partial charge in [-0.15, -0.1) is 21.5 Å². The Hall–Kier alpha value is -2.44. The summed E-state index contributed by atoms with van der Waals surface area (Å²) in [6.45, 7) is 1.53. The molecule has 0 radical (unpaired) electrons. The van der Waals surface area contributed by atoms with Crippen molar-refractivity contribution in [3.05, 3.63) is 58.9 Å². The largest absolute Gasteiger partial charge is 0.354 e. The molecule has 5 nitrogen and oxygen atoms in total. The van der Waals surface area contributed by atoms with Gasteiger partial charge in [0.15, 0.2) is 5.82 Å². The molecule has 0 bridgehead atoms. The maximum absolute atomic E-state index is 12.6. The minimum Gasteiger partial charge on any atom is -0.354 e. The summed E-state index contributed by atoms with van der Waals surface area (Å²) in [5, 5.41) is 14.4. The van der Waals surface area contributed by atoms with Gasteiger partial charge in [-0.2, -0.15) is 0 Å². The SMILES string of the molecule is O=C(Nc1ccc(Cl)cc1)C1CCCN(c2ccc(-c3cccs3)nn2)C1. The van der Waals surface area contributed by atoms with Crippen molar-refractivity contribution >= 4 is 40.4 Å². The van der Waals surface area contributed by atoms with Crippen molar-refractivity contribution < 1.29 is 4.79 Å². The van der Waals surface area contributed by atoms with Crippen molar-refractivity contribution in [2.45, 2.75) is 12.8 Å². The van der Waals surface area contributed by atoms with Crippen LogP contribution in [-0.2, 0) is 4.79 Å². The average Bonchev–Trinajstić information content (AvgIpc) is 3.25. The van der Waals surface area contributed by atoms with Crippen LogP contribution in [0.4, 0.5) is 11.5 Å². The van der Waals surface area contributed by atoms with Gasteiger partial charge in [-0.05, 0) is 60.7 Å². The molecular weight excluding hydrogens is 380 g/mol. The molecule has 1 fully saturated rings. The molecule has 3 aromatic rings. The molecule has 1 unspecified atom stereocenters. The van der Waals surface area contributed by atoms with Gasteiger partial charge in [0.05, 0.1) is 10.8 Å². The van der Waals surface area contributed by atoms with Crippen molar-refractivity contribution in [3.63, 3.8) is 0 Å². The highest BCUT2D eigenvalue weighted by atomic mass is 35.5. The van der Waals surface area contributed by atoms with Crippen LogP contribution in [0.25, 0.3) is 10.6 Å². The van der Waals surface area contributed by atoms with Crippen molar-refractivity contribution in [2.75, 3.05) is 23.3 Å². The number of carbonyl (C=O) groups is 1. The molecule has 0 aliphatic carbocycles. The first kappa shape index (κ1) is 17.9. The highest BCUT2D eigenvalue weighted by molar-refractivity contribution is 7.13. The zero-order chi connectivity index (χ0) is 18.6. The molecule has 4 rings (SSSR count). The van der Waals surface area contributed by atoms with E-state index in [9.17, 15) is 4.79 Å². The Morgan fingerprint density at radius 3 is 2.70 bits per heavy atom. The Bertz CT molecular complexity index is 897. The minimum absolute atomic E-state index is 0.0326. The number of aromatic nitrogens is 2. The van der Waals surface area contributed by atoms with Crippen molar-refractivity contribution in [1.82, 2.24) is 10.2 Å². The van der Waals surface area contributed by atoms with Gasteiger partial charge in [-0.3, -0.25) is 4.79 Å². The highest BCUT2D eigenvalue weighted by Crippen LogP contribution is 2.26. The first-order valence-corrected chi connectivity index (χ1v) is 10.1. The number of amides is 1. The van der Waals surface area contributed by atoms with E-state index in [2.05, 4.69) is 20.4 Å². The lowest BCUT2D eigenvalue weighted by Gasteiger charge is -2.32. The fourth-order valence-electron chi connectivity index (χ4n) is 3.23. The number of benzene rings is 1. The topological polar surface area (TPSA) is 58.1 Å². The van der Waals surface area contributed by atoms with Crippen LogP contribution in [0.3, 0.4) is 0 Å². The molecule has 3 heterocycles. The predicted molar refractivity (Wildman–Crippen MR) is 110 cm³/mol. The second-order valence-corrected chi connectivity index (χ2v) is 7.92. The van der Waals surface area contributed by atoms with Crippen molar-refractivity contribution in [1.29, 1.82) is 0 Å². The quantitative estimate of drug-likeness (QED) is 0.691. The molecule has 0 spiro atoms. The number of hydrogen-bond acceptors (Lipinski definition) is 5. The normalized spacial score (nSPS) is 16.9. The third kappa shape index (κ3) is 4.28. The van der Waals surface area contributed by atoms with E-state index in [4.69, 9.17) is 11.6 Å². The molecule has 1 N–H and O–H groups in total. The molecule has 1 aliphatic heterocycles. The van der Waals surface area contributed by atoms with Crippen LogP contribution in [-0.4, -0.2) is 29.2 Å². The van der Waals surface area contributed by atoms with Crippen molar-refractivity contribution in [3.8, 4) is 10.6 Å². The van der Waals surface area contributed by atoms with E-state index in [0.717, 1.165) is 41.5 Å². The Kier molecular flexibility index (Phi) is 5.36. The van der Waals surface area contributed by atoms with E-state index in [1.165, 1.54) is 0 Å². The van der Waals surface area contributed by atoms with Gasteiger partial charge < -0.3 is 10.2 Å². The molecule has 1 atom stereocenters. The maximum Gasteiger partial charge on any atom is 0.229 e. The van der Waals surface area contributed by atoms with Crippen LogP contribution in [0.1, 0.15) is 12.8 Å². The second-order valence-electron chi connectivity index (χ2n) is 6.54. The summed E-state index contributed by atoms with van der Waals surface area (Å²) in [7, 11) is 0. The Labute approximate surface area is 167 Å². The van der Waals surface area contributed by atoms with E-state index < -0.39 is 0 Å². The molecule has 1 amide bonds. The van der Waals surface area contributed by atoms with E-state index >= 15 is 0 Å². The number of piperidine rings is 1. The van der Waals surface area contributed by atoms with Gasteiger partial charge in [0.2, 0.25) is 5.91 Å². The van der Waals surface area contributed by atoms with Gasteiger partial charge in [-0.25, -0.2) is 0 Å². The highest BCUT2D eigenvalue weighted by Gasteiger charge is 2.26. The smallest absolute Gasteiger partial charge is 0.229 e. The summed E-state index contributed by atoms with van der Waals surface area (Å²) in [6, 6.07) is 15.2. The number of rotatable bonds is 4. The number of nitrogens with zero attached hydrogens (tertiary/aromatic N) is 3. The number of nitrogens with one attached hydrogen (secondary N) is 1. The predicted octanol–water partition coefficient (Wildman–Crippen LogP) is 4.71. The molecule has 27 heavy (non-hydrogen) atoms. The minimum atomic E-state index is -0.0757.